The van der Waals surface area contributed by atoms with E-state index < -0.39 is 0 Å². The van der Waals surface area contributed by atoms with Crippen molar-refractivity contribution >= 4 is 59.8 Å². The highest BCUT2D eigenvalue weighted by atomic mass is 32.1. The molecule has 0 saturated carbocycles. The predicted molar refractivity (Wildman–Crippen MR) is 118 cm³/mol. The number of nitrogens with two attached hydrogens (primary N) is 1. The van der Waals surface area contributed by atoms with Gasteiger partial charge in [-0.05, 0) is 61.4 Å². The Bertz CT molecular complexity index is 1240. The maximum absolute atomic E-state index is 12.9. The Morgan fingerprint density at radius 2 is 2.11 bits per heavy atom. The number of benzene rings is 1. The van der Waals surface area contributed by atoms with Crippen molar-refractivity contribution in [2.24, 2.45) is 5.92 Å². The lowest BCUT2D eigenvalue weighted by Gasteiger charge is -2.20. The van der Waals surface area contributed by atoms with E-state index in [4.69, 9.17) is 10.7 Å². The van der Waals surface area contributed by atoms with Crippen LogP contribution in [0.2, 0.25) is 0 Å². The number of aryl methyl sites for hydroxylation is 2. The van der Waals surface area contributed by atoms with E-state index in [9.17, 15) is 4.79 Å². The smallest absolute Gasteiger partial charge is 0.269 e. The van der Waals surface area contributed by atoms with Crippen LogP contribution in [0.3, 0.4) is 0 Å². The first kappa shape index (κ1) is 17.6. The number of carbonyl (C=O) groups is 1. The van der Waals surface area contributed by atoms with Gasteiger partial charge in [0.05, 0.1) is 15.9 Å². The van der Waals surface area contributed by atoms with E-state index in [1.807, 2.05) is 19.1 Å². The molecule has 3 heterocycles. The second-order valence-corrected chi connectivity index (χ2v) is 9.61. The minimum Gasteiger partial charge on any atom is -0.397 e. The first-order chi connectivity index (χ1) is 13.5. The van der Waals surface area contributed by atoms with E-state index in [0.29, 0.717) is 21.6 Å². The maximum atomic E-state index is 12.9. The van der Waals surface area contributed by atoms with Gasteiger partial charge in [-0.15, -0.1) is 11.3 Å². The summed E-state index contributed by atoms with van der Waals surface area (Å²) in [5.74, 6) is 0.444. The highest BCUT2D eigenvalue weighted by molar-refractivity contribution is 7.23. The highest BCUT2D eigenvalue weighted by Gasteiger charge is 2.22. The van der Waals surface area contributed by atoms with Gasteiger partial charge in [-0.1, -0.05) is 24.3 Å². The average molecular weight is 409 g/mol. The van der Waals surface area contributed by atoms with Gasteiger partial charge in [-0.3, -0.25) is 10.1 Å². The molecule has 1 aromatic carbocycles. The van der Waals surface area contributed by atoms with Gasteiger partial charge in [0, 0.05) is 11.1 Å². The Morgan fingerprint density at radius 3 is 2.96 bits per heavy atom. The largest absolute Gasteiger partial charge is 0.397 e. The SMILES string of the molecule is Cc1ccc2nc(NC(=O)c3sc4nc5c(cc4c3N)CC(C)CC5)sc2c1. The Hall–Kier alpha value is -2.51. The predicted octanol–water partition coefficient (Wildman–Crippen LogP) is 5.17. The fraction of sp³-hybridized carbons (Fsp3) is 0.286. The van der Waals surface area contributed by atoms with Crippen LogP contribution in [0, 0.1) is 12.8 Å². The molecular weight excluding hydrogens is 388 g/mol. The number of thiophene rings is 1. The molecule has 1 aliphatic carbocycles. The van der Waals surface area contributed by atoms with E-state index in [2.05, 4.69) is 29.4 Å². The lowest BCUT2D eigenvalue weighted by molar-refractivity contribution is 0.103. The Morgan fingerprint density at radius 1 is 1.25 bits per heavy atom. The van der Waals surface area contributed by atoms with Crippen molar-refractivity contribution in [1.29, 1.82) is 0 Å². The number of anilines is 2. The van der Waals surface area contributed by atoms with Gasteiger partial charge in [0.1, 0.15) is 9.71 Å². The normalized spacial score (nSPS) is 16.4. The molecule has 0 bridgehead atoms. The number of carbonyl (C=O) groups excluding carboxylic acids is 1. The minimum atomic E-state index is -0.220. The van der Waals surface area contributed by atoms with Crippen molar-refractivity contribution < 1.29 is 4.79 Å². The van der Waals surface area contributed by atoms with Crippen LogP contribution in [0.15, 0.2) is 24.3 Å². The second kappa shape index (κ2) is 6.53. The van der Waals surface area contributed by atoms with Crippen molar-refractivity contribution in [3.8, 4) is 0 Å². The molecule has 0 spiro atoms. The molecule has 1 aliphatic rings. The number of hydrogen-bond acceptors (Lipinski definition) is 6. The Labute approximate surface area is 170 Å². The van der Waals surface area contributed by atoms with Crippen LogP contribution >= 0.6 is 22.7 Å². The van der Waals surface area contributed by atoms with Crippen LogP contribution in [-0.2, 0) is 12.8 Å². The molecule has 0 fully saturated rings. The average Bonchev–Trinajstić information content (AvgIpc) is 3.20. The summed E-state index contributed by atoms with van der Waals surface area (Å²) < 4.78 is 1.06. The maximum Gasteiger partial charge on any atom is 0.269 e. The van der Waals surface area contributed by atoms with Crippen molar-refractivity contribution in [2.45, 2.75) is 33.1 Å². The molecule has 1 unspecified atom stereocenters. The summed E-state index contributed by atoms with van der Waals surface area (Å²) in [5, 5.41) is 4.39. The lowest BCUT2D eigenvalue weighted by atomic mass is 9.87. The fourth-order valence-electron chi connectivity index (χ4n) is 3.78. The fourth-order valence-corrected chi connectivity index (χ4v) is 5.73. The number of aromatic nitrogens is 2. The monoisotopic (exact) mass is 408 g/mol. The quantitative estimate of drug-likeness (QED) is 0.479. The molecule has 3 aromatic heterocycles. The van der Waals surface area contributed by atoms with Gasteiger partial charge in [0.2, 0.25) is 0 Å². The van der Waals surface area contributed by atoms with E-state index >= 15 is 0 Å². The zero-order chi connectivity index (χ0) is 19.4. The van der Waals surface area contributed by atoms with E-state index in [-0.39, 0.29) is 5.91 Å². The number of nitrogens with one attached hydrogen (secondary N) is 1. The molecular formula is C21H20N4OS2. The molecule has 142 valence electrons. The van der Waals surface area contributed by atoms with Crippen LogP contribution in [0.5, 0.6) is 0 Å². The van der Waals surface area contributed by atoms with Gasteiger partial charge in [-0.2, -0.15) is 0 Å². The number of thiazole rings is 1. The molecule has 3 N–H and O–H groups in total. The molecule has 4 aromatic rings. The zero-order valence-corrected chi connectivity index (χ0v) is 17.3. The summed E-state index contributed by atoms with van der Waals surface area (Å²) in [6.07, 6.45) is 3.19. The van der Waals surface area contributed by atoms with Crippen molar-refractivity contribution in [3.05, 3.63) is 46.0 Å². The second-order valence-electron chi connectivity index (χ2n) is 7.58. The van der Waals surface area contributed by atoms with Crippen LogP contribution in [0.4, 0.5) is 10.8 Å². The van der Waals surface area contributed by atoms with E-state index in [1.54, 1.807) is 0 Å². The van der Waals surface area contributed by atoms with Gasteiger partial charge < -0.3 is 5.73 Å². The Kier molecular flexibility index (Phi) is 4.10. The van der Waals surface area contributed by atoms with Crippen LogP contribution < -0.4 is 11.1 Å². The molecule has 5 rings (SSSR count). The Balaban J connectivity index is 1.49. The summed E-state index contributed by atoms with van der Waals surface area (Å²) in [5.41, 5.74) is 11.3. The summed E-state index contributed by atoms with van der Waals surface area (Å²) in [6, 6.07) is 8.20. The summed E-state index contributed by atoms with van der Waals surface area (Å²) >= 11 is 2.84. The molecule has 1 atom stereocenters. The molecule has 7 heteroatoms. The summed E-state index contributed by atoms with van der Waals surface area (Å²) in [6.45, 7) is 4.31. The first-order valence-corrected chi connectivity index (χ1v) is 11.0. The molecule has 0 aliphatic heterocycles. The van der Waals surface area contributed by atoms with Crippen molar-refractivity contribution in [1.82, 2.24) is 9.97 Å². The number of rotatable bonds is 2. The summed E-state index contributed by atoms with van der Waals surface area (Å²) in [7, 11) is 0. The van der Waals surface area contributed by atoms with Gasteiger partial charge in [0.15, 0.2) is 5.13 Å². The third-order valence-corrected chi connectivity index (χ3v) is 7.35. The third kappa shape index (κ3) is 2.95. The van der Waals surface area contributed by atoms with Crippen molar-refractivity contribution in [3.63, 3.8) is 0 Å². The van der Waals surface area contributed by atoms with E-state index in [1.165, 1.54) is 33.8 Å². The number of hydrogen-bond donors (Lipinski definition) is 2. The minimum absolute atomic E-state index is 0.220. The molecule has 1 amide bonds. The number of nitrogen functional groups attached to an aromatic ring is 1. The third-order valence-electron chi connectivity index (χ3n) is 5.30. The topological polar surface area (TPSA) is 80.9 Å². The van der Waals surface area contributed by atoms with Crippen LogP contribution in [-0.4, -0.2) is 15.9 Å². The molecule has 0 saturated heterocycles. The van der Waals surface area contributed by atoms with Gasteiger partial charge in [-0.25, -0.2) is 9.97 Å². The molecule has 5 nitrogen and oxygen atoms in total. The zero-order valence-electron chi connectivity index (χ0n) is 15.7. The van der Waals surface area contributed by atoms with Crippen LogP contribution in [0.25, 0.3) is 20.4 Å². The van der Waals surface area contributed by atoms with Gasteiger partial charge >= 0.3 is 0 Å². The molecule has 28 heavy (non-hydrogen) atoms. The van der Waals surface area contributed by atoms with Gasteiger partial charge in [0.25, 0.3) is 5.91 Å². The number of amides is 1. The lowest BCUT2D eigenvalue weighted by Crippen LogP contribution is -2.12. The number of pyridine rings is 1. The summed E-state index contributed by atoms with van der Waals surface area (Å²) in [4.78, 5) is 23.6. The van der Waals surface area contributed by atoms with E-state index in [0.717, 1.165) is 45.4 Å². The standard InChI is InChI=1S/C21H20N4OS2/c1-10-3-5-14-12(7-10)9-13-17(22)18(28-20(13)23-14)19(26)25-21-24-15-6-4-11(2)8-16(15)27-21/h4,6,8-10H,3,5,7,22H2,1-2H3,(H,24,25,26). The first-order valence-electron chi connectivity index (χ1n) is 9.37. The number of fused-ring (bicyclic) bond motifs is 3. The van der Waals surface area contributed by atoms with Crippen molar-refractivity contribution in [2.75, 3.05) is 11.1 Å². The number of nitrogens with zero attached hydrogens (tertiary/aromatic N) is 2. The molecule has 0 radical (unpaired) electrons. The highest BCUT2D eigenvalue weighted by Crippen LogP contribution is 2.37. The van der Waals surface area contributed by atoms with Crippen LogP contribution in [0.1, 0.15) is 39.8 Å².